The van der Waals surface area contributed by atoms with Crippen molar-refractivity contribution in [3.05, 3.63) is 59.1 Å². The van der Waals surface area contributed by atoms with E-state index in [4.69, 9.17) is 25.8 Å². The van der Waals surface area contributed by atoms with E-state index in [0.29, 0.717) is 33.5 Å². The number of methoxy groups -OCH3 is 1. The maximum absolute atomic E-state index is 12.8. The van der Waals surface area contributed by atoms with Crippen molar-refractivity contribution in [2.45, 2.75) is 0 Å². The van der Waals surface area contributed by atoms with E-state index in [1.807, 2.05) is 30.3 Å². The van der Waals surface area contributed by atoms with E-state index in [2.05, 4.69) is 5.32 Å². The lowest BCUT2D eigenvalue weighted by molar-refractivity contribution is 0.102. The molecule has 1 heterocycles. The number of ether oxygens (including phenoxy) is 3. The highest BCUT2D eigenvalue weighted by Gasteiger charge is 2.20. The number of carbonyl (C=O) groups excluding carboxylic acids is 1. The van der Waals surface area contributed by atoms with E-state index < -0.39 is 0 Å². The van der Waals surface area contributed by atoms with Gasteiger partial charge in [-0.05, 0) is 22.9 Å². The second kappa shape index (κ2) is 6.18. The van der Waals surface area contributed by atoms with E-state index in [1.165, 1.54) is 7.11 Å². The number of fused-ring (bicyclic) bond motifs is 2. The summed E-state index contributed by atoms with van der Waals surface area (Å²) in [6.07, 6.45) is 0. The number of hydrogen-bond acceptors (Lipinski definition) is 4. The van der Waals surface area contributed by atoms with Gasteiger partial charge in [-0.1, -0.05) is 35.9 Å². The Kier molecular flexibility index (Phi) is 3.86. The van der Waals surface area contributed by atoms with Gasteiger partial charge >= 0.3 is 0 Å². The number of carbonyl (C=O) groups is 1. The fourth-order valence-electron chi connectivity index (χ4n) is 2.77. The summed E-state index contributed by atoms with van der Waals surface area (Å²) in [4.78, 5) is 12.8. The number of rotatable bonds is 3. The van der Waals surface area contributed by atoms with Crippen molar-refractivity contribution in [1.82, 2.24) is 0 Å². The Morgan fingerprint density at radius 1 is 1.08 bits per heavy atom. The summed E-state index contributed by atoms with van der Waals surface area (Å²) in [5, 5.41) is 5.13. The lowest BCUT2D eigenvalue weighted by atomic mass is 10.1. The van der Waals surface area contributed by atoms with Crippen molar-refractivity contribution in [3.63, 3.8) is 0 Å². The molecule has 4 rings (SSSR count). The average molecular weight is 356 g/mol. The minimum absolute atomic E-state index is 0.140. The van der Waals surface area contributed by atoms with Crippen LogP contribution in [0, 0.1) is 0 Å². The summed E-state index contributed by atoms with van der Waals surface area (Å²) >= 11 is 6.23. The quantitative estimate of drug-likeness (QED) is 0.752. The topological polar surface area (TPSA) is 56.8 Å². The monoisotopic (exact) mass is 355 g/mol. The molecule has 0 bridgehead atoms. The van der Waals surface area contributed by atoms with Gasteiger partial charge in [0.15, 0.2) is 11.5 Å². The molecule has 1 N–H and O–H groups in total. The van der Waals surface area contributed by atoms with Crippen LogP contribution in [0.3, 0.4) is 0 Å². The van der Waals surface area contributed by atoms with Crippen LogP contribution in [0.2, 0.25) is 5.02 Å². The molecule has 0 radical (unpaired) electrons. The maximum Gasteiger partial charge on any atom is 0.259 e. The molecule has 0 saturated heterocycles. The van der Waals surface area contributed by atoms with Crippen molar-refractivity contribution >= 4 is 34.0 Å². The SMILES string of the molecule is COc1cc2ccccc2cc1C(=O)Nc1cc2c(cc1Cl)OCO2. The molecule has 0 aliphatic carbocycles. The fourth-order valence-corrected chi connectivity index (χ4v) is 2.97. The van der Waals surface area contributed by atoms with Crippen LogP contribution < -0.4 is 19.5 Å². The fraction of sp³-hybridized carbons (Fsp3) is 0.105. The summed E-state index contributed by atoms with van der Waals surface area (Å²) < 4.78 is 16.0. The van der Waals surface area contributed by atoms with E-state index in [-0.39, 0.29) is 12.7 Å². The number of benzene rings is 3. The molecule has 3 aromatic rings. The van der Waals surface area contributed by atoms with Gasteiger partial charge in [0, 0.05) is 12.1 Å². The van der Waals surface area contributed by atoms with Gasteiger partial charge < -0.3 is 19.5 Å². The molecule has 5 nitrogen and oxygen atoms in total. The molecule has 0 saturated carbocycles. The molecule has 0 aromatic heterocycles. The Bertz CT molecular complexity index is 987. The summed E-state index contributed by atoms with van der Waals surface area (Å²) in [5.41, 5.74) is 0.876. The van der Waals surface area contributed by atoms with Crippen molar-refractivity contribution in [2.75, 3.05) is 19.2 Å². The molecule has 0 fully saturated rings. The Hall–Kier alpha value is -2.92. The predicted octanol–water partition coefficient (Wildman–Crippen LogP) is 4.48. The first kappa shape index (κ1) is 15.6. The molecule has 25 heavy (non-hydrogen) atoms. The normalized spacial score (nSPS) is 12.2. The molecule has 126 valence electrons. The second-order valence-corrected chi connectivity index (χ2v) is 5.95. The number of halogens is 1. The van der Waals surface area contributed by atoms with Gasteiger partial charge in [0.05, 0.1) is 23.4 Å². The van der Waals surface area contributed by atoms with Crippen molar-refractivity contribution in [1.29, 1.82) is 0 Å². The minimum atomic E-state index is -0.316. The third kappa shape index (κ3) is 2.83. The van der Waals surface area contributed by atoms with E-state index >= 15 is 0 Å². The van der Waals surface area contributed by atoms with Crippen molar-refractivity contribution in [3.8, 4) is 17.2 Å². The largest absolute Gasteiger partial charge is 0.496 e. The molecule has 1 amide bonds. The first-order valence-corrected chi connectivity index (χ1v) is 8.01. The van der Waals surface area contributed by atoms with E-state index in [1.54, 1.807) is 18.2 Å². The minimum Gasteiger partial charge on any atom is -0.496 e. The molecule has 3 aromatic carbocycles. The second-order valence-electron chi connectivity index (χ2n) is 5.54. The zero-order valence-electron chi connectivity index (χ0n) is 13.3. The average Bonchev–Trinajstić information content (AvgIpc) is 3.07. The van der Waals surface area contributed by atoms with Gasteiger partial charge in [-0.15, -0.1) is 0 Å². The summed E-state index contributed by atoms with van der Waals surface area (Å²) in [6, 6.07) is 14.7. The number of hydrogen-bond donors (Lipinski definition) is 1. The molecule has 0 atom stereocenters. The van der Waals surface area contributed by atoms with Crippen molar-refractivity contribution < 1.29 is 19.0 Å². The van der Waals surface area contributed by atoms with Crippen LogP contribution in [-0.4, -0.2) is 19.8 Å². The highest BCUT2D eigenvalue weighted by molar-refractivity contribution is 6.34. The van der Waals surface area contributed by atoms with Crippen molar-refractivity contribution in [2.24, 2.45) is 0 Å². The molecule has 0 unspecified atom stereocenters. The van der Waals surface area contributed by atoms with Crippen LogP contribution in [0.5, 0.6) is 17.2 Å². The van der Waals surface area contributed by atoms with Gasteiger partial charge in [-0.2, -0.15) is 0 Å². The lowest BCUT2D eigenvalue weighted by Gasteiger charge is -2.12. The first-order chi connectivity index (χ1) is 12.2. The third-order valence-corrected chi connectivity index (χ3v) is 4.34. The van der Waals surface area contributed by atoms with Gasteiger partial charge in [0.25, 0.3) is 5.91 Å². The molecule has 1 aliphatic heterocycles. The maximum atomic E-state index is 12.8. The highest BCUT2D eigenvalue weighted by atomic mass is 35.5. The Labute approximate surface area is 149 Å². The number of nitrogens with one attached hydrogen (secondary N) is 1. The van der Waals surface area contributed by atoms with Gasteiger partial charge in [-0.3, -0.25) is 4.79 Å². The molecule has 1 aliphatic rings. The Morgan fingerprint density at radius 3 is 2.48 bits per heavy atom. The van der Waals surface area contributed by atoms with Crippen LogP contribution >= 0.6 is 11.6 Å². The first-order valence-electron chi connectivity index (χ1n) is 7.63. The van der Waals surface area contributed by atoms with Gasteiger partial charge in [0.2, 0.25) is 6.79 Å². The third-order valence-electron chi connectivity index (χ3n) is 4.02. The highest BCUT2D eigenvalue weighted by Crippen LogP contribution is 2.39. The van der Waals surface area contributed by atoms with E-state index in [9.17, 15) is 4.79 Å². The summed E-state index contributed by atoms with van der Waals surface area (Å²) in [5.74, 6) is 1.29. The molecular weight excluding hydrogens is 342 g/mol. The van der Waals surface area contributed by atoms with Crippen LogP contribution in [0.15, 0.2) is 48.5 Å². The van der Waals surface area contributed by atoms with Crippen LogP contribution in [-0.2, 0) is 0 Å². The summed E-state index contributed by atoms with van der Waals surface area (Å²) in [7, 11) is 1.54. The lowest BCUT2D eigenvalue weighted by Crippen LogP contribution is -2.13. The molecule has 0 spiro atoms. The Balaban J connectivity index is 1.71. The number of amides is 1. The van der Waals surface area contributed by atoms with Crippen LogP contribution in [0.4, 0.5) is 5.69 Å². The zero-order chi connectivity index (χ0) is 17.4. The van der Waals surface area contributed by atoms with Crippen LogP contribution in [0.1, 0.15) is 10.4 Å². The zero-order valence-corrected chi connectivity index (χ0v) is 14.1. The number of anilines is 1. The summed E-state index contributed by atoms with van der Waals surface area (Å²) in [6.45, 7) is 0.140. The predicted molar refractivity (Wildman–Crippen MR) is 96.0 cm³/mol. The Morgan fingerprint density at radius 2 is 1.76 bits per heavy atom. The molecule has 6 heteroatoms. The van der Waals surface area contributed by atoms with Gasteiger partial charge in [-0.25, -0.2) is 0 Å². The smallest absolute Gasteiger partial charge is 0.259 e. The standard InChI is InChI=1S/C19H14ClNO4/c1-23-16-7-12-5-3-2-4-11(12)6-13(16)19(22)21-15-9-18-17(8-14(15)20)24-10-25-18/h2-9H,10H2,1H3,(H,21,22). The van der Waals surface area contributed by atoms with Crippen LogP contribution in [0.25, 0.3) is 10.8 Å². The van der Waals surface area contributed by atoms with E-state index in [0.717, 1.165) is 10.8 Å². The molecular formula is C19H14ClNO4. The van der Waals surface area contributed by atoms with Gasteiger partial charge in [0.1, 0.15) is 5.75 Å².